The van der Waals surface area contributed by atoms with E-state index in [1.807, 2.05) is 0 Å². The lowest BCUT2D eigenvalue weighted by atomic mass is 10.3. The number of rotatable bonds is 3. The van der Waals surface area contributed by atoms with Gasteiger partial charge in [-0.15, -0.1) is 0 Å². The molecule has 0 aliphatic heterocycles. The van der Waals surface area contributed by atoms with Crippen LogP contribution in [0, 0.1) is 0 Å². The lowest BCUT2D eigenvalue weighted by Crippen LogP contribution is -2.24. The first-order valence-corrected chi connectivity index (χ1v) is 6.52. The Morgan fingerprint density at radius 1 is 1.21 bits per heavy atom. The van der Waals surface area contributed by atoms with Gasteiger partial charge >= 0.3 is 0 Å². The molecule has 0 radical (unpaired) electrons. The molecule has 1 N–H and O–H groups in total. The molecular weight excluding hydrogens is 334 g/mol. The number of amides is 1. The van der Waals surface area contributed by atoms with E-state index in [0.717, 1.165) is 0 Å². The van der Waals surface area contributed by atoms with Crippen molar-refractivity contribution in [1.82, 2.24) is 10.3 Å². The van der Waals surface area contributed by atoms with Gasteiger partial charge in [0.15, 0.2) is 0 Å². The highest BCUT2D eigenvalue weighted by Crippen LogP contribution is 2.35. The van der Waals surface area contributed by atoms with Crippen molar-refractivity contribution in [2.45, 2.75) is 6.54 Å². The Labute approximate surface area is 128 Å². The highest BCUT2D eigenvalue weighted by Gasteiger charge is 2.20. The van der Waals surface area contributed by atoms with Gasteiger partial charge in [0.2, 0.25) is 0 Å². The fourth-order valence-electron chi connectivity index (χ4n) is 1.30. The monoisotopic (exact) mass is 338 g/mol. The molecule has 0 saturated heterocycles. The maximum Gasteiger partial charge on any atom is 0.271 e. The van der Waals surface area contributed by atoms with Crippen LogP contribution >= 0.6 is 46.4 Å². The zero-order valence-electron chi connectivity index (χ0n) is 9.21. The average Bonchev–Trinajstić information content (AvgIpc) is 2.91. The number of aromatic nitrogens is 1. The number of nitrogens with zero attached hydrogens (tertiary/aromatic N) is 1. The minimum Gasteiger partial charge on any atom is -0.467 e. The first-order chi connectivity index (χ1) is 9.00. The minimum atomic E-state index is -0.526. The summed E-state index contributed by atoms with van der Waals surface area (Å²) in [6, 6.07) is 3.43. The van der Waals surface area contributed by atoms with Crippen LogP contribution in [0.2, 0.25) is 20.2 Å². The summed E-state index contributed by atoms with van der Waals surface area (Å²) in [5.74, 6) is 0.0671. The second-order valence-electron chi connectivity index (χ2n) is 3.46. The molecule has 0 aliphatic carbocycles. The summed E-state index contributed by atoms with van der Waals surface area (Å²) in [5.41, 5.74) is -0.0902. The van der Waals surface area contributed by atoms with Crippen LogP contribution < -0.4 is 5.32 Å². The molecule has 1 amide bonds. The summed E-state index contributed by atoms with van der Waals surface area (Å²) in [6.45, 7) is 0.196. The lowest BCUT2D eigenvalue weighted by Gasteiger charge is -2.08. The normalized spacial score (nSPS) is 10.5. The Morgan fingerprint density at radius 3 is 2.58 bits per heavy atom. The van der Waals surface area contributed by atoms with Gasteiger partial charge in [-0.3, -0.25) is 4.79 Å². The van der Waals surface area contributed by atoms with Gasteiger partial charge in [-0.05, 0) is 12.1 Å². The van der Waals surface area contributed by atoms with E-state index in [4.69, 9.17) is 50.8 Å². The summed E-state index contributed by atoms with van der Waals surface area (Å²) in [5, 5.41) is 2.45. The van der Waals surface area contributed by atoms with Crippen molar-refractivity contribution in [3.05, 3.63) is 50.1 Å². The lowest BCUT2D eigenvalue weighted by molar-refractivity contribution is 0.0943. The highest BCUT2D eigenvalue weighted by atomic mass is 35.5. The van der Waals surface area contributed by atoms with Crippen LogP contribution in [0.5, 0.6) is 0 Å². The topological polar surface area (TPSA) is 55.1 Å². The molecule has 2 aromatic rings. The van der Waals surface area contributed by atoms with Crippen molar-refractivity contribution in [1.29, 1.82) is 0 Å². The Kier molecular flexibility index (Phi) is 4.58. The summed E-state index contributed by atoms with van der Waals surface area (Å²) < 4.78 is 5.08. The molecule has 2 rings (SSSR count). The van der Waals surface area contributed by atoms with E-state index in [-0.39, 0.29) is 32.5 Å². The van der Waals surface area contributed by atoms with Gasteiger partial charge in [-0.1, -0.05) is 46.4 Å². The molecule has 0 spiro atoms. The number of carbonyl (C=O) groups is 1. The van der Waals surface area contributed by atoms with Gasteiger partial charge in [0, 0.05) is 0 Å². The summed E-state index contributed by atoms with van der Waals surface area (Å²) in [4.78, 5) is 15.7. The molecular formula is C11H6Cl4N2O2. The molecule has 0 atom stereocenters. The first-order valence-electron chi connectivity index (χ1n) is 5.01. The molecule has 0 aliphatic rings. The molecule has 0 fully saturated rings. The van der Waals surface area contributed by atoms with Crippen LogP contribution in [-0.4, -0.2) is 10.9 Å². The third kappa shape index (κ3) is 3.15. The minimum absolute atomic E-state index is 0.00789. The molecule has 0 aromatic carbocycles. The Hall–Kier alpha value is -0.940. The molecule has 2 heterocycles. The molecule has 2 aromatic heterocycles. The largest absolute Gasteiger partial charge is 0.467 e. The van der Waals surface area contributed by atoms with Gasteiger partial charge in [0.25, 0.3) is 5.91 Å². The van der Waals surface area contributed by atoms with Crippen LogP contribution in [0.4, 0.5) is 0 Å². The van der Waals surface area contributed by atoms with Crippen molar-refractivity contribution < 1.29 is 9.21 Å². The second-order valence-corrected chi connectivity index (χ2v) is 4.95. The van der Waals surface area contributed by atoms with E-state index < -0.39 is 5.91 Å². The molecule has 0 unspecified atom stereocenters. The predicted octanol–water partition coefficient (Wildman–Crippen LogP) is 4.22. The van der Waals surface area contributed by atoms with Crippen LogP contribution in [-0.2, 0) is 6.54 Å². The van der Waals surface area contributed by atoms with Gasteiger partial charge in [-0.2, -0.15) is 0 Å². The Bertz CT molecular complexity index is 614. The van der Waals surface area contributed by atoms with Crippen molar-refractivity contribution >= 4 is 52.3 Å². The zero-order valence-corrected chi connectivity index (χ0v) is 12.2. The Balaban J connectivity index is 2.20. The highest BCUT2D eigenvalue weighted by molar-refractivity contribution is 6.52. The van der Waals surface area contributed by atoms with Gasteiger partial charge < -0.3 is 9.73 Å². The number of hydrogen-bond donors (Lipinski definition) is 1. The zero-order chi connectivity index (χ0) is 14.0. The molecule has 4 nitrogen and oxygen atoms in total. The number of carbonyl (C=O) groups excluding carboxylic acids is 1. The average molecular weight is 340 g/mol. The number of furan rings is 1. The smallest absolute Gasteiger partial charge is 0.271 e. The van der Waals surface area contributed by atoms with Crippen LogP contribution in [0.3, 0.4) is 0 Å². The van der Waals surface area contributed by atoms with E-state index in [2.05, 4.69) is 10.3 Å². The van der Waals surface area contributed by atoms with Crippen molar-refractivity contribution in [2.24, 2.45) is 0 Å². The molecule has 100 valence electrons. The van der Waals surface area contributed by atoms with Crippen molar-refractivity contribution in [3.63, 3.8) is 0 Å². The molecule has 8 heteroatoms. The second kappa shape index (κ2) is 6.01. The van der Waals surface area contributed by atoms with E-state index in [0.29, 0.717) is 5.76 Å². The first kappa shape index (κ1) is 14.5. The third-order valence-electron chi connectivity index (χ3n) is 2.20. The van der Waals surface area contributed by atoms with Crippen molar-refractivity contribution in [2.75, 3.05) is 0 Å². The van der Waals surface area contributed by atoms with Crippen molar-refractivity contribution in [3.8, 4) is 0 Å². The molecule has 0 saturated carbocycles. The van der Waals surface area contributed by atoms with Gasteiger partial charge in [-0.25, -0.2) is 4.98 Å². The number of pyridine rings is 1. The SMILES string of the molecule is O=C(NCc1ccco1)c1nc(Cl)c(Cl)c(Cl)c1Cl. The number of nitrogens with one attached hydrogen (secondary N) is 1. The fourth-order valence-corrected chi connectivity index (χ4v) is 2.12. The number of halogens is 4. The maximum atomic E-state index is 11.9. The standard InChI is InChI=1S/C11H6Cl4N2O2/c12-6-7(13)9(17-10(15)8(6)14)11(18)16-4-5-2-1-3-19-5/h1-3H,4H2,(H,16,18). The molecule has 19 heavy (non-hydrogen) atoms. The third-order valence-corrected chi connectivity index (χ3v) is 3.88. The van der Waals surface area contributed by atoms with E-state index in [1.54, 1.807) is 12.1 Å². The summed E-state index contributed by atoms with van der Waals surface area (Å²) >= 11 is 23.3. The summed E-state index contributed by atoms with van der Waals surface area (Å²) in [6.07, 6.45) is 1.50. The van der Waals surface area contributed by atoms with Crippen LogP contribution in [0.25, 0.3) is 0 Å². The summed E-state index contributed by atoms with van der Waals surface area (Å²) in [7, 11) is 0. The van der Waals surface area contributed by atoms with Gasteiger partial charge in [0.05, 0.1) is 27.9 Å². The van der Waals surface area contributed by atoms with Crippen LogP contribution in [0.1, 0.15) is 16.2 Å². The molecule has 0 bridgehead atoms. The fraction of sp³-hybridized carbons (Fsp3) is 0.0909. The predicted molar refractivity (Wildman–Crippen MR) is 74.2 cm³/mol. The quantitative estimate of drug-likeness (QED) is 0.852. The van der Waals surface area contributed by atoms with Gasteiger partial charge in [0.1, 0.15) is 16.6 Å². The van der Waals surface area contributed by atoms with E-state index in [1.165, 1.54) is 6.26 Å². The Morgan fingerprint density at radius 2 is 1.95 bits per heavy atom. The maximum absolute atomic E-state index is 11.9. The number of hydrogen-bond acceptors (Lipinski definition) is 3. The van der Waals surface area contributed by atoms with Crippen LogP contribution in [0.15, 0.2) is 22.8 Å². The van der Waals surface area contributed by atoms with E-state index in [9.17, 15) is 4.79 Å². The van der Waals surface area contributed by atoms with E-state index >= 15 is 0 Å².